The van der Waals surface area contributed by atoms with Gasteiger partial charge in [0.1, 0.15) is 42.7 Å². The highest BCUT2D eigenvalue weighted by atomic mass is 16.7. The van der Waals surface area contributed by atoms with E-state index < -0.39 is 104 Å². The third-order valence-electron chi connectivity index (χ3n) is 8.60. The fraction of sp³-hybridized carbons (Fsp3) is 0.964. The number of hydrogen-bond acceptors (Lipinski definition) is 16. The number of carboxylic acid groups (broad SMARTS) is 1. The topological polar surface area (TPSA) is 331 Å². The van der Waals surface area contributed by atoms with Crippen molar-refractivity contribution in [2.75, 3.05) is 13.2 Å². The van der Waals surface area contributed by atoms with Gasteiger partial charge in [0, 0.05) is 18.6 Å². The fourth-order valence-electron chi connectivity index (χ4n) is 5.70. The van der Waals surface area contributed by atoms with E-state index in [1.54, 1.807) is 0 Å². The van der Waals surface area contributed by atoms with Crippen LogP contribution in [-0.4, -0.2) is 141 Å². The van der Waals surface area contributed by atoms with Crippen LogP contribution >= 0.6 is 0 Å². The maximum atomic E-state index is 11.0. The van der Waals surface area contributed by atoms with Gasteiger partial charge in [0.15, 0.2) is 12.6 Å². The quantitative estimate of drug-likeness (QED) is 0.0791. The third-order valence-corrected chi connectivity index (χ3v) is 8.60. The Labute approximate surface area is 264 Å². The monoisotopic (exact) mass is 654 g/mol. The lowest BCUT2D eigenvalue weighted by atomic mass is 9.84. The summed E-state index contributed by atoms with van der Waals surface area (Å²) in [5, 5.41) is 59.2. The zero-order valence-corrected chi connectivity index (χ0v) is 26.1. The summed E-state index contributed by atoms with van der Waals surface area (Å²) >= 11 is 0. The molecule has 266 valence electrons. The largest absolute Gasteiger partial charge is 0.480 e. The van der Waals surface area contributed by atoms with E-state index in [1.165, 1.54) is 25.7 Å². The molecule has 1 aliphatic carbocycles. The molecule has 0 aromatic heterocycles. The van der Waals surface area contributed by atoms with Crippen LogP contribution in [-0.2, 0) is 23.7 Å². The predicted octanol–water partition coefficient (Wildman–Crippen LogP) is -4.15. The lowest BCUT2D eigenvalue weighted by Gasteiger charge is -2.47. The van der Waals surface area contributed by atoms with E-state index in [0.717, 1.165) is 12.8 Å². The SMILES string of the molecule is CCCCCCCCC(N)C(=O)O.NC[C@H]1O[C@H](O[C@H]2[C@H](O)[C@@H](O[C@H]3O[C@H](CO)[C@@H](O)[C@H](N)[C@H]3O)[C@H](N)C[C@@H]2N)[C@H](N)C[C@@H]1O. The van der Waals surface area contributed by atoms with Gasteiger partial charge in [-0.3, -0.25) is 4.79 Å². The molecule has 2 heterocycles. The molecule has 3 fully saturated rings. The maximum absolute atomic E-state index is 11.0. The van der Waals surface area contributed by atoms with Crippen LogP contribution in [0.2, 0.25) is 0 Å². The second kappa shape index (κ2) is 19.6. The van der Waals surface area contributed by atoms with Crippen LogP contribution in [0.5, 0.6) is 0 Å². The highest BCUT2D eigenvalue weighted by Crippen LogP contribution is 2.30. The number of nitrogens with two attached hydrogens (primary N) is 6. The van der Waals surface area contributed by atoms with Crippen molar-refractivity contribution in [3.63, 3.8) is 0 Å². The third kappa shape index (κ3) is 11.5. The Morgan fingerprint density at radius 1 is 0.800 bits per heavy atom. The molecule has 18 N–H and O–H groups in total. The summed E-state index contributed by atoms with van der Waals surface area (Å²) < 4.78 is 22.7. The van der Waals surface area contributed by atoms with Crippen LogP contribution in [0.15, 0.2) is 0 Å². The molecule has 0 aromatic rings. The average molecular weight is 655 g/mol. The molecule has 15 atom stereocenters. The van der Waals surface area contributed by atoms with Gasteiger partial charge in [-0.1, -0.05) is 45.4 Å². The summed E-state index contributed by atoms with van der Waals surface area (Å²) in [5.74, 6) is -0.881. The Kier molecular flexibility index (Phi) is 17.5. The number of carboxylic acids is 1. The molecule has 3 rings (SSSR count). The molecule has 45 heavy (non-hydrogen) atoms. The average Bonchev–Trinajstić information content (AvgIpc) is 3.00. The Bertz CT molecular complexity index is 851. The van der Waals surface area contributed by atoms with Gasteiger partial charge in [-0.2, -0.15) is 0 Å². The molecule has 0 amide bonds. The number of hydrogen-bond donors (Lipinski definition) is 12. The molecule has 1 saturated carbocycles. The van der Waals surface area contributed by atoms with E-state index in [2.05, 4.69) is 6.92 Å². The predicted molar refractivity (Wildman–Crippen MR) is 162 cm³/mol. The molecular formula is C28H58N6O11. The fourth-order valence-corrected chi connectivity index (χ4v) is 5.70. The van der Waals surface area contributed by atoms with Crippen molar-refractivity contribution in [1.82, 2.24) is 0 Å². The summed E-state index contributed by atoms with van der Waals surface area (Å²) in [7, 11) is 0. The summed E-state index contributed by atoms with van der Waals surface area (Å²) in [6, 6.07) is -3.93. The van der Waals surface area contributed by atoms with Crippen molar-refractivity contribution >= 4 is 5.97 Å². The second-order valence-electron chi connectivity index (χ2n) is 12.3. The molecule has 1 unspecified atom stereocenters. The van der Waals surface area contributed by atoms with E-state index in [9.17, 15) is 30.3 Å². The highest BCUT2D eigenvalue weighted by Gasteiger charge is 2.50. The summed E-state index contributed by atoms with van der Waals surface area (Å²) in [6.07, 6.45) is -3.10. The first-order valence-corrected chi connectivity index (χ1v) is 15.9. The normalized spacial score (nSPS) is 41.2. The Morgan fingerprint density at radius 3 is 1.91 bits per heavy atom. The zero-order chi connectivity index (χ0) is 33.8. The van der Waals surface area contributed by atoms with Crippen molar-refractivity contribution in [1.29, 1.82) is 0 Å². The van der Waals surface area contributed by atoms with Crippen LogP contribution in [0, 0.1) is 0 Å². The van der Waals surface area contributed by atoms with Crippen molar-refractivity contribution in [3.8, 4) is 0 Å². The van der Waals surface area contributed by atoms with Gasteiger partial charge in [-0.05, 0) is 19.3 Å². The second-order valence-corrected chi connectivity index (χ2v) is 12.3. The van der Waals surface area contributed by atoms with Crippen molar-refractivity contribution in [2.45, 2.75) is 156 Å². The molecule has 0 radical (unpaired) electrons. The number of unbranched alkanes of at least 4 members (excludes halogenated alkanes) is 5. The number of aliphatic carboxylic acids is 1. The molecule has 2 saturated heterocycles. The van der Waals surface area contributed by atoms with Gasteiger partial charge >= 0.3 is 5.97 Å². The Morgan fingerprint density at radius 2 is 1.36 bits per heavy atom. The molecule has 0 bridgehead atoms. The van der Waals surface area contributed by atoms with Gasteiger partial charge < -0.3 is 84.0 Å². The Balaban J connectivity index is 0.000000459. The van der Waals surface area contributed by atoms with Crippen LogP contribution < -0.4 is 34.4 Å². The minimum atomic E-state index is -1.44. The van der Waals surface area contributed by atoms with Crippen molar-refractivity contribution in [2.24, 2.45) is 34.4 Å². The summed E-state index contributed by atoms with van der Waals surface area (Å²) in [6.45, 7) is 1.68. The van der Waals surface area contributed by atoms with Crippen LogP contribution in [0.4, 0.5) is 0 Å². The van der Waals surface area contributed by atoms with Gasteiger partial charge in [-0.15, -0.1) is 0 Å². The highest BCUT2D eigenvalue weighted by molar-refractivity contribution is 5.72. The maximum Gasteiger partial charge on any atom is 0.320 e. The number of aliphatic hydroxyl groups excluding tert-OH is 5. The van der Waals surface area contributed by atoms with Crippen LogP contribution in [0.25, 0.3) is 0 Å². The molecular weight excluding hydrogens is 596 g/mol. The molecule has 17 nitrogen and oxygen atoms in total. The van der Waals surface area contributed by atoms with Crippen molar-refractivity contribution < 1.29 is 54.4 Å². The number of aliphatic hydroxyl groups is 5. The van der Waals surface area contributed by atoms with Gasteiger partial charge in [-0.25, -0.2) is 0 Å². The Hall–Kier alpha value is -1.13. The van der Waals surface area contributed by atoms with E-state index in [1.807, 2.05) is 0 Å². The molecule has 17 heteroatoms. The van der Waals surface area contributed by atoms with E-state index >= 15 is 0 Å². The van der Waals surface area contributed by atoms with Gasteiger partial charge in [0.25, 0.3) is 0 Å². The number of rotatable bonds is 14. The molecule has 0 spiro atoms. The lowest BCUT2D eigenvalue weighted by Crippen LogP contribution is -2.68. The first kappa shape index (κ1) is 40.0. The van der Waals surface area contributed by atoms with E-state index in [-0.39, 0.29) is 19.4 Å². The summed E-state index contributed by atoms with van der Waals surface area (Å²) in [5.41, 5.74) is 35.1. The van der Waals surface area contributed by atoms with Crippen LogP contribution in [0.3, 0.4) is 0 Å². The van der Waals surface area contributed by atoms with Crippen LogP contribution in [0.1, 0.15) is 64.7 Å². The molecule has 2 aliphatic heterocycles. The molecule has 0 aromatic carbocycles. The number of carbonyl (C=O) groups is 1. The summed E-state index contributed by atoms with van der Waals surface area (Å²) in [4.78, 5) is 10.3. The van der Waals surface area contributed by atoms with E-state index in [4.69, 9.17) is 58.5 Å². The first-order chi connectivity index (χ1) is 21.3. The van der Waals surface area contributed by atoms with Crippen molar-refractivity contribution in [3.05, 3.63) is 0 Å². The zero-order valence-electron chi connectivity index (χ0n) is 26.1. The smallest absolute Gasteiger partial charge is 0.320 e. The standard InChI is InChI=1S/C18H37N5O9.C10H21NO2/c19-3-9-8(25)2-7(22)17(29-9)31-15-5(20)1-6(21)16(14(15)28)32-18-13(27)11(23)12(26)10(4-24)30-18;1-2-3-4-5-6-7-8-9(11)10(12)13/h5-18,24-28H,1-4,19-23H2;9H,2-8,11H2,1H3,(H,12,13)/t5-,6+,7+,8-,9+,10+,11-,12+,13+,14-,15+,16-,17+,18+;/m0./s1. The van der Waals surface area contributed by atoms with Gasteiger partial charge in [0.05, 0.1) is 30.9 Å². The molecule has 3 aliphatic rings. The minimum absolute atomic E-state index is 0.0542. The minimum Gasteiger partial charge on any atom is -0.480 e. The van der Waals surface area contributed by atoms with E-state index in [0.29, 0.717) is 6.42 Å². The first-order valence-electron chi connectivity index (χ1n) is 15.9. The van der Waals surface area contributed by atoms with Gasteiger partial charge in [0.2, 0.25) is 0 Å². The number of ether oxygens (including phenoxy) is 4. The lowest BCUT2D eigenvalue weighted by molar-refractivity contribution is -0.314.